The lowest BCUT2D eigenvalue weighted by Gasteiger charge is -2.11. The summed E-state index contributed by atoms with van der Waals surface area (Å²) in [5.74, 6) is 2.37. The van der Waals surface area contributed by atoms with Crippen LogP contribution in [0.3, 0.4) is 0 Å². The summed E-state index contributed by atoms with van der Waals surface area (Å²) in [6, 6.07) is 0. The minimum atomic E-state index is 0.526. The Labute approximate surface area is 125 Å². The van der Waals surface area contributed by atoms with Crippen LogP contribution in [0.1, 0.15) is 43.1 Å². The van der Waals surface area contributed by atoms with Crippen LogP contribution in [-0.4, -0.2) is 19.3 Å². The van der Waals surface area contributed by atoms with Crippen molar-refractivity contribution in [2.45, 2.75) is 45.1 Å². The third-order valence-electron chi connectivity index (χ3n) is 4.34. The van der Waals surface area contributed by atoms with E-state index in [2.05, 4.69) is 16.2 Å². The molecule has 0 atom stereocenters. The number of hydrogen-bond acceptors (Lipinski definition) is 3. The maximum atomic E-state index is 6.38. The first-order valence-corrected chi connectivity index (χ1v) is 7.59. The standard InChI is InChI=1S/C16H23N5/c1-4-9-21-15(17)14(13-10-20(3)19-11(13)2)18-16(21)12-7-5-6-8-12/h4,10,12H,1,5-9,17H2,2-3H3. The highest BCUT2D eigenvalue weighted by atomic mass is 15.3. The minimum Gasteiger partial charge on any atom is -0.383 e. The second-order valence-electron chi connectivity index (χ2n) is 5.89. The van der Waals surface area contributed by atoms with Gasteiger partial charge in [-0.1, -0.05) is 18.9 Å². The van der Waals surface area contributed by atoms with E-state index >= 15 is 0 Å². The van der Waals surface area contributed by atoms with E-state index in [-0.39, 0.29) is 0 Å². The van der Waals surface area contributed by atoms with Gasteiger partial charge in [0.1, 0.15) is 17.3 Å². The van der Waals surface area contributed by atoms with Gasteiger partial charge in [-0.2, -0.15) is 5.10 Å². The van der Waals surface area contributed by atoms with E-state index in [0.717, 1.165) is 28.6 Å². The summed E-state index contributed by atoms with van der Waals surface area (Å²) in [5, 5.41) is 4.40. The number of rotatable bonds is 4. The summed E-state index contributed by atoms with van der Waals surface area (Å²) in [6.07, 6.45) is 8.86. The number of imidazole rings is 1. The maximum absolute atomic E-state index is 6.38. The van der Waals surface area contributed by atoms with Crippen molar-refractivity contribution in [1.82, 2.24) is 19.3 Å². The molecule has 5 heteroatoms. The summed E-state index contributed by atoms with van der Waals surface area (Å²) in [7, 11) is 1.92. The molecule has 2 N–H and O–H groups in total. The number of anilines is 1. The van der Waals surface area contributed by atoms with Gasteiger partial charge in [0.15, 0.2) is 0 Å². The number of nitrogens with two attached hydrogens (primary N) is 1. The number of hydrogen-bond donors (Lipinski definition) is 1. The zero-order valence-corrected chi connectivity index (χ0v) is 12.8. The van der Waals surface area contributed by atoms with E-state index in [9.17, 15) is 0 Å². The topological polar surface area (TPSA) is 61.7 Å². The molecule has 0 spiro atoms. The van der Waals surface area contributed by atoms with Crippen molar-refractivity contribution >= 4 is 5.82 Å². The van der Waals surface area contributed by atoms with Crippen LogP contribution in [0.5, 0.6) is 0 Å². The van der Waals surface area contributed by atoms with Crippen LogP contribution < -0.4 is 5.73 Å². The summed E-state index contributed by atoms with van der Waals surface area (Å²) in [5.41, 5.74) is 9.24. The van der Waals surface area contributed by atoms with Crippen molar-refractivity contribution in [2.24, 2.45) is 7.05 Å². The van der Waals surface area contributed by atoms with Crippen molar-refractivity contribution < 1.29 is 0 Å². The van der Waals surface area contributed by atoms with Crippen LogP contribution in [-0.2, 0) is 13.6 Å². The van der Waals surface area contributed by atoms with Gasteiger partial charge >= 0.3 is 0 Å². The van der Waals surface area contributed by atoms with Crippen LogP contribution in [0.4, 0.5) is 5.82 Å². The molecule has 0 aliphatic heterocycles. The lowest BCUT2D eigenvalue weighted by atomic mass is 10.1. The summed E-state index contributed by atoms with van der Waals surface area (Å²) >= 11 is 0. The average Bonchev–Trinajstić information content (AvgIpc) is 3.13. The lowest BCUT2D eigenvalue weighted by molar-refractivity contribution is 0.618. The Morgan fingerprint density at radius 2 is 2.14 bits per heavy atom. The molecule has 2 aromatic rings. The third-order valence-corrected chi connectivity index (χ3v) is 4.34. The van der Waals surface area contributed by atoms with Gasteiger partial charge in [-0.25, -0.2) is 4.98 Å². The molecule has 1 saturated carbocycles. The highest BCUT2D eigenvalue weighted by molar-refractivity contribution is 5.72. The molecule has 21 heavy (non-hydrogen) atoms. The quantitative estimate of drug-likeness (QED) is 0.878. The largest absolute Gasteiger partial charge is 0.383 e. The number of allylic oxidation sites excluding steroid dienone is 1. The Morgan fingerprint density at radius 1 is 1.43 bits per heavy atom. The minimum absolute atomic E-state index is 0.526. The van der Waals surface area contributed by atoms with E-state index in [4.69, 9.17) is 10.7 Å². The molecule has 0 bridgehead atoms. The first-order valence-electron chi connectivity index (χ1n) is 7.59. The smallest absolute Gasteiger partial charge is 0.132 e. The molecule has 5 nitrogen and oxygen atoms in total. The van der Waals surface area contributed by atoms with Crippen LogP contribution in [0.15, 0.2) is 18.9 Å². The second kappa shape index (κ2) is 5.39. The fourth-order valence-corrected chi connectivity index (χ4v) is 3.33. The highest BCUT2D eigenvalue weighted by Crippen LogP contribution is 2.37. The molecule has 1 aliphatic carbocycles. The number of aryl methyl sites for hydroxylation is 2. The van der Waals surface area contributed by atoms with Gasteiger partial charge in [0, 0.05) is 31.3 Å². The maximum Gasteiger partial charge on any atom is 0.132 e. The number of nitrogens with zero attached hydrogens (tertiary/aromatic N) is 4. The van der Waals surface area contributed by atoms with Crippen LogP contribution >= 0.6 is 0 Å². The van der Waals surface area contributed by atoms with E-state index in [0.29, 0.717) is 12.5 Å². The summed E-state index contributed by atoms with van der Waals surface area (Å²) < 4.78 is 3.93. The van der Waals surface area contributed by atoms with Gasteiger partial charge in [0.25, 0.3) is 0 Å². The molecular weight excluding hydrogens is 262 g/mol. The molecule has 0 unspecified atom stereocenters. The highest BCUT2D eigenvalue weighted by Gasteiger charge is 2.26. The van der Waals surface area contributed by atoms with Crippen molar-refractivity contribution in [3.05, 3.63) is 30.4 Å². The summed E-state index contributed by atoms with van der Waals surface area (Å²) in [4.78, 5) is 4.89. The van der Waals surface area contributed by atoms with Gasteiger partial charge in [0.2, 0.25) is 0 Å². The molecule has 0 radical (unpaired) electrons. The predicted molar refractivity (Wildman–Crippen MR) is 85.0 cm³/mol. The van der Waals surface area contributed by atoms with Crippen molar-refractivity contribution in [1.29, 1.82) is 0 Å². The monoisotopic (exact) mass is 285 g/mol. The normalized spacial score (nSPS) is 15.7. The third kappa shape index (κ3) is 2.37. The second-order valence-corrected chi connectivity index (χ2v) is 5.89. The molecule has 2 aromatic heterocycles. The Kier molecular flexibility index (Phi) is 3.57. The predicted octanol–water partition coefficient (Wildman–Crippen LogP) is 3.02. The fourth-order valence-electron chi connectivity index (χ4n) is 3.33. The van der Waals surface area contributed by atoms with Gasteiger partial charge in [-0.15, -0.1) is 6.58 Å². The van der Waals surface area contributed by atoms with Crippen molar-refractivity contribution in [3.8, 4) is 11.3 Å². The van der Waals surface area contributed by atoms with E-state index in [1.165, 1.54) is 25.7 Å². The molecule has 2 heterocycles. The van der Waals surface area contributed by atoms with Gasteiger partial charge in [0.05, 0.1) is 5.69 Å². The van der Waals surface area contributed by atoms with Gasteiger partial charge in [-0.05, 0) is 19.8 Å². The fraction of sp³-hybridized carbons (Fsp3) is 0.500. The Bertz CT molecular complexity index is 659. The average molecular weight is 285 g/mol. The number of aromatic nitrogens is 4. The van der Waals surface area contributed by atoms with Crippen molar-refractivity contribution in [3.63, 3.8) is 0 Å². The summed E-state index contributed by atoms with van der Waals surface area (Å²) in [6.45, 7) is 6.56. The van der Waals surface area contributed by atoms with E-state index in [1.807, 2.05) is 30.9 Å². The van der Waals surface area contributed by atoms with Crippen LogP contribution in [0.2, 0.25) is 0 Å². The number of nitrogen functional groups attached to an aromatic ring is 1. The van der Waals surface area contributed by atoms with E-state index in [1.54, 1.807) is 0 Å². The molecule has 1 fully saturated rings. The van der Waals surface area contributed by atoms with Crippen LogP contribution in [0.25, 0.3) is 11.3 Å². The lowest BCUT2D eigenvalue weighted by Crippen LogP contribution is -2.08. The van der Waals surface area contributed by atoms with Gasteiger partial charge < -0.3 is 10.3 Å². The first kappa shape index (κ1) is 13.9. The molecular formula is C16H23N5. The van der Waals surface area contributed by atoms with Crippen molar-refractivity contribution in [2.75, 3.05) is 5.73 Å². The first-order chi connectivity index (χ1) is 10.1. The van der Waals surface area contributed by atoms with Crippen LogP contribution in [0, 0.1) is 6.92 Å². The zero-order chi connectivity index (χ0) is 15.0. The Morgan fingerprint density at radius 3 is 2.71 bits per heavy atom. The molecule has 0 amide bonds. The van der Waals surface area contributed by atoms with E-state index < -0.39 is 0 Å². The van der Waals surface area contributed by atoms with Gasteiger partial charge in [-0.3, -0.25) is 4.68 Å². The zero-order valence-electron chi connectivity index (χ0n) is 12.8. The molecule has 0 aromatic carbocycles. The molecule has 1 aliphatic rings. The Hall–Kier alpha value is -2.04. The molecule has 0 saturated heterocycles. The molecule has 112 valence electrons. The Balaban J connectivity index is 2.11. The molecule has 3 rings (SSSR count). The SMILES string of the molecule is C=CCn1c(C2CCCC2)nc(-c2cn(C)nc2C)c1N.